The van der Waals surface area contributed by atoms with Crippen LogP contribution in [0.5, 0.6) is 5.75 Å². The summed E-state index contributed by atoms with van der Waals surface area (Å²) in [6.45, 7) is 1.31. The number of thiazole rings is 1. The molecule has 27 heavy (non-hydrogen) atoms. The normalized spacial score (nSPS) is 10.5. The van der Waals surface area contributed by atoms with E-state index in [1.807, 2.05) is 0 Å². The second-order valence-electron chi connectivity index (χ2n) is 5.58. The van der Waals surface area contributed by atoms with Crippen molar-refractivity contribution in [2.45, 2.75) is 6.92 Å². The number of hydrogen-bond acceptors (Lipinski definition) is 5. The number of hydrogen-bond donors (Lipinski definition) is 1. The number of anilines is 1. The number of carbonyl (C=O) groups excluding carboxylic acids is 2. The first-order valence-electron chi connectivity index (χ1n) is 7.87. The summed E-state index contributed by atoms with van der Waals surface area (Å²) in [4.78, 5) is 27.7. The van der Waals surface area contributed by atoms with E-state index in [0.717, 1.165) is 0 Å². The molecule has 1 N–H and O–H groups in total. The Morgan fingerprint density at radius 3 is 2.59 bits per heavy atom. The summed E-state index contributed by atoms with van der Waals surface area (Å²) >= 11 is 13.4. The number of ketones is 1. The van der Waals surface area contributed by atoms with Crippen LogP contribution < -0.4 is 10.1 Å². The quantitative estimate of drug-likeness (QED) is 0.546. The van der Waals surface area contributed by atoms with Crippen molar-refractivity contribution in [1.29, 1.82) is 0 Å². The highest BCUT2D eigenvalue weighted by Crippen LogP contribution is 2.32. The van der Waals surface area contributed by atoms with E-state index in [4.69, 9.17) is 27.9 Å². The maximum absolute atomic E-state index is 12.1. The molecule has 0 bridgehead atoms. The van der Waals surface area contributed by atoms with Crippen LogP contribution in [0.3, 0.4) is 0 Å². The third-order valence-electron chi connectivity index (χ3n) is 3.59. The van der Waals surface area contributed by atoms with E-state index in [9.17, 15) is 9.59 Å². The number of nitrogens with zero attached hydrogens (tertiary/aromatic N) is 1. The number of carbonyl (C=O) groups is 2. The zero-order valence-electron chi connectivity index (χ0n) is 14.2. The second kappa shape index (κ2) is 8.52. The van der Waals surface area contributed by atoms with Gasteiger partial charge in [-0.05, 0) is 49.4 Å². The zero-order valence-corrected chi connectivity index (χ0v) is 16.5. The average molecular weight is 421 g/mol. The molecule has 0 spiro atoms. The second-order valence-corrected chi connectivity index (χ2v) is 7.28. The van der Waals surface area contributed by atoms with Gasteiger partial charge in [0, 0.05) is 21.5 Å². The molecule has 0 fully saturated rings. The molecule has 138 valence electrons. The van der Waals surface area contributed by atoms with E-state index in [-0.39, 0.29) is 18.3 Å². The molecule has 0 radical (unpaired) electrons. The lowest BCUT2D eigenvalue weighted by Gasteiger charge is -2.06. The molecule has 0 atom stereocenters. The first kappa shape index (κ1) is 19.4. The van der Waals surface area contributed by atoms with Crippen molar-refractivity contribution < 1.29 is 14.3 Å². The number of ether oxygens (including phenoxy) is 1. The summed E-state index contributed by atoms with van der Waals surface area (Å²) in [5.74, 6) is 0.128. The van der Waals surface area contributed by atoms with Crippen molar-refractivity contribution >= 4 is 51.4 Å². The molecular formula is C19H14Cl2N2O3S. The van der Waals surface area contributed by atoms with Gasteiger partial charge in [-0.3, -0.25) is 14.9 Å². The predicted molar refractivity (Wildman–Crippen MR) is 108 cm³/mol. The zero-order chi connectivity index (χ0) is 19.4. The van der Waals surface area contributed by atoms with Gasteiger partial charge in [-0.1, -0.05) is 23.2 Å². The van der Waals surface area contributed by atoms with E-state index in [1.54, 1.807) is 47.8 Å². The number of halogens is 2. The van der Waals surface area contributed by atoms with Crippen molar-refractivity contribution in [1.82, 2.24) is 4.98 Å². The van der Waals surface area contributed by atoms with Gasteiger partial charge in [-0.25, -0.2) is 4.98 Å². The summed E-state index contributed by atoms with van der Waals surface area (Å²) in [6.07, 6.45) is 0. The van der Waals surface area contributed by atoms with Gasteiger partial charge in [-0.2, -0.15) is 0 Å². The first-order valence-corrected chi connectivity index (χ1v) is 9.50. The van der Waals surface area contributed by atoms with Crippen LogP contribution in [0.4, 0.5) is 5.13 Å². The maximum Gasteiger partial charge on any atom is 0.264 e. The van der Waals surface area contributed by atoms with Crippen molar-refractivity contribution in [3.05, 3.63) is 63.5 Å². The Morgan fingerprint density at radius 2 is 1.89 bits per heavy atom. The van der Waals surface area contributed by atoms with Crippen molar-refractivity contribution in [2.24, 2.45) is 0 Å². The van der Waals surface area contributed by atoms with Crippen LogP contribution in [0.1, 0.15) is 17.3 Å². The Morgan fingerprint density at radius 1 is 1.15 bits per heavy atom. The van der Waals surface area contributed by atoms with Crippen molar-refractivity contribution in [3.8, 4) is 17.0 Å². The maximum atomic E-state index is 12.1. The predicted octanol–water partition coefficient (Wildman–Crippen LogP) is 5.34. The Hall–Kier alpha value is -2.41. The lowest BCUT2D eigenvalue weighted by Crippen LogP contribution is -2.20. The van der Waals surface area contributed by atoms with Crippen LogP contribution in [0.2, 0.25) is 10.0 Å². The summed E-state index contributed by atoms with van der Waals surface area (Å²) in [6, 6.07) is 11.7. The fourth-order valence-corrected chi connectivity index (χ4v) is 3.35. The summed E-state index contributed by atoms with van der Waals surface area (Å²) in [5, 5.41) is 5.98. The van der Waals surface area contributed by atoms with E-state index in [1.165, 1.54) is 18.3 Å². The number of amides is 1. The molecule has 0 aliphatic heterocycles. The number of rotatable bonds is 6. The summed E-state index contributed by atoms with van der Waals surface area (Å²) in [7, 11) is 0. The van der Waals surface area contributed by atoms with Gasteiger partial charge in [0.05, 0.1) is 10.7 Å². The Labute approximate surface area is 169 Å². The number of nitrogens with one attached hydrogen (secondary N) is 1. The molecule has 0 aliphatic carbocycles. The highest BCUT2D eigenvalue weighted by molar-refractivity contribution is 7.14. The van der Waals surface area contributed by atoms with Crippen LogP contribution in [0.15, 0.2) is 47.8 Å². The summed E-state index contributed by atoms with van der Waals surface area (Å²) in [5.41, 5.74) is 1.91. The minimum atomic E-state index is -0.344. The third kappa shape index (κ3) is 5.07. The Kier molecular flexibility index (Phi) is 6.11. The van der Waals surface area contributed by atoms with Gasteiger partial charge in [0.2, 0.25) is 0 Å². The molecule has 3 aromatic rings. The van der Waals surface area contributed by atoms with Crippen LogP contribution in [0.25, 0.3) is 11.3 Å². The topological polar surface area (TPSA) is 68.3 Å². The fraction of sp³-hybridized carbons (Fsp3) is 0.105. The molecule has 0 aliphatic rings. The van der Waals surface area contributed by atoms with E-state index < -0.39 is 0 Å². The Balaban J connectivity index is 1.59. The molecule has 1 amide bonds. The standard InChI is InChI=1S/C19H14Cl2N2O3S/c1-11(24)12-2-5-14(6-3-12)26-9-18(25)23-19-22-17(10-27-19)15-8-13(20)4-7-16(15)21/h2-8,10H,9H2,1H3,(H,22,23,25). The lowest BCUT2D eigenvalue weighted by atomic mass is 10.1. The minimum absolute atomic E-state index is 0.0290. The fourth-order valence-electron chi connectivity index (χ4n) is 2.24. The molecule has 0 saturated carbocycles. The van der Waals surface area contributed by atoms with Crippen LogP contribution in [0, 0.1) is 0 Å². The van der Waals surface area contributed by atoms with Crippen molar-refractivity contribution in [3.63, 3.8) is 0 Å². The monoisotopic (exact) mass is 420 g/mol. The van der Waals surface area contributed by atoms with E-state index in [2.05, 4.69) is 10.3 Å². The molecule has 5 nitrogen and oxygen atoms in total. The third-order valence-corrected chi connectivity index (χ3v) is 4.91. The van der Waals surface area contributed by atoms with Gasteiger partial charge >= 0.3 is 0 Å². The SMILES string of the molecule is CC(=O)c1ccc(OCC(=O)Nc2nc(-c3cc(Cl)ccc3Cl)cs2)cc1. The van der Waals surface area contributed by atoms with Gasteiger partial charge in [-0.15, -0.1) is 11.3 Å². The van der Waals surface area contributed by atoms with Gasteiger partial charge in [0.25, 0.3) is 5.91 Å². The molecule has 2 aromatic carbocycles. The highest BCUT2D eigenvalue weighted by Gasteiger charge is 2.11. The molecule has 0 unspecified atom stereocenters. The molecule has 0 saturated heterocycles. The van der Waals surface area contributed by atoms with Gasteiger partial charge in [0.15, 0.2) is 17.5 Å². The van der Waals surface area contributed by atoms with Crippen LogP contribution >= 0.6 is 34.5 Å². The molecule has 1 heterocycles. The van der Waals surface area contributed by atoms with Gasteiger partial charge < -0.3 is 4.74 Å². The molecule has 1 aromatic heterocycles. The molecule has 8 heteroatoms. The van der Waals surface area contributed by atoms with Crippen LogP contribution in [-0.4, -0.2) is 23.3 Å². The minimum Gasteiger partial charge on any atom is -0.484 e. The molecular weight excluding hydrogens is 407 g/mol. The lowest BCUT2D eigenvalue weighted by molar-refractivity contribution is -0.118. The largest absolute Gasteiger partial charge is 0.484 e. The smallest absolute Gasteiger partial charge is 0.264 e. The number of Topliss-reactive ketones (excluding diaryl/α,β-unsaturated/α-hetero) is 1. The first-order chi connectivity index (χ1) is 12.9. The van der Waals surface area contributed by atoms with Crippen LogP contribution in [-0.2, 0) is 4.79 Å². The van der Waals surface area contributed by atoms with E-state index in [0.29, 0.717) is 37.7 Å². The number of benzene rings is 2. The molecule has 3 rings (SSSR count). The highest BCUT2D eigenvalue weighted by atomic mass is 35.5. The Bertz CT molecular complexity index is 987. The number of aromatic nitrogens is 1. The van der Waals surface area contributed by atoms with E-state index >= 15 is 0 Å². The van der Waals surface area contributed by atoms with Gasteiger partial charge in [0.1, 0.15) is 5.75 Å². The summed E-state index contributed by atoms with van der Waals surface area (Å²) < 4.78 is 5.42. The van der Waals surface area contributed by atoms with Crippen molar-refractivity contribution in [2.75, 3.05) is 11.9 Å². The average Bonchev–Trinajstić information content (AvgIpc) is 3.10.